The SMILES string of the molecule is Cc1ncc[c-]c1-c1cccc(C(C)(C)c2cccc(-n3[c-]cc(C(F)(F)F)n3)n2)n1.[Pt+2]. The van der Waals surface area contributed by atoms with E-state index in [-0.39, 0.29) is 26.9 Å². The number of nitrogens with zero attached hydrogens (tertiary/aromatic N) is 5. The van der Waals surface area contributed by atoms with Crippen molar-refractivity contribution < 1.29 is 34.2 Å². The Morgan fingerprint density at radius 2 is 1.62 bits per heavy atom. The maximum Gasteiger partial charge on any atom is 2.00 e. The third kappa shape index (κ3) is 4.65. The van der Waals surface area contributed by atoms with Gasteiger partial charge in [0, 0.05) is 16.8 Å². The zero-order valence-electron chi connectivity index (χ0n) is 17.4. The van der Waals surface area contributed by atoms with Crippen molar-refractivity contribution in [3.63, 3.8) is 0 Å². The molecule has 0 aliphatic rings. The molecule has 0 atom stereocenters. The fourth-order valence-corrected chi connectivity index (χ4v) is 3.18. The number of hydrogen-bond acceptors (Lipinski definition) is 4. The predicted molar refractivity (Wildman–Crippen MR) is 108 cm³/mol. The molecular weight excluding hydrogens is 598 g/mol. The van der Waals surface area contributed by atoms with Crippen molar-refractivity contribution >= 4 is 0 Å². The molecule has 0 radical (unpaired) electrons. The van der Waals surface area contributed by atoms with E-state index in [2.05, 4.69) is 27.3 Å². The monoisotopic (exact) mass is 616 g/mol. The van der Waals surface area contributed by atoms with Gasteiger partial charge in [0.2, 0.25) is 0 Å². The van der Waals surface area contributed by atoms with Crippen LogP contribution in [-0.2, 0) is 32.7 Å². The van der Waals surface area contributed by atoms with Crippen LogP contribution in [0, 0.1) is 19.2 Å². The van der Waals surface area contributed by atoms with Crippen molar-refractivity contribution in [3.05, 3.63) is 89.8 Å². The zero-order chi connectivity index (χ0) is 22.2. The molecule has 0 N–H and O–H groups in total. The summed E-state index contributed by atoms with van der Waals surface area (Å²) in [5.74, 6) is 0.244. The standard InChI is InChI=1S/C23H18F3N5.Pt/c1-15-16(7-6-13-27-15)17-8-4-9-18(28-17)22(2,3)19-10-5-11-21(29-19)31-14-12-20(30-31)23(24,25)26;/h4-6,8-13H,1-3H3;/q-2;+2. The van der Waals surface area contributed by atoms with Gasteiger partial charge < -0.3 is 14.6 Å². The number of hydrogen-bond donors (Lipinski definition) is 0. The van der Waals surface area contributed by atoms with Gasteiger partial charge in [-0.1, -0.05) is 43.6 Å². The van der Waals surface area contributed by atoms with E-state index in [0.29, 0.717) is 5.69 Å². The van der Waals surface area contributed by atoms with E-state index < -0.39 is 17.3 Å². The van der Waals surface area contributed by atoms with Crippen LogP contribution >= 0.6 is 0 Å². The van der Waals surface area contributed by atoms with Gasteiger partial charge in [0.05, 0.1) is 11.5 Å². The maximum atomic E-state index is 12.9. The Hall–Kier alpha value is -2.86. The second kappa shape index (κ2) is 8.94. The number of pyridine rings is 3. The molecule has 0 aromatic carbocycles. The Kier molecular flexibility index (Phi) is 6.65. The van der Waals surface area contributed by atoms with Crippen molar-refractivity contribution in [1.29, 1.82) is 0 Å². The van der Waals surface area contributed by atoms with Crippen molar-refractivity contribution in [2.75, 3.05) is 0 Å². The number of aryl methyl sites for hydroxylation is 1. The first-order valence-corrected chi connectivity index (χ1v) is 9.50. The quantitative estimate of drug-likeness (QED) is 0.304. The van der Waals surface area contributed by atoms with E-state index in [9.17, 15) is 13.2 Å². The minimum atomic E-state index is -4.54. The molecule has 0 aliphatic heterocycles. The molecule has 0 unspecified atom stereocenters. The third-order valence-corrected chi connectivity index (χ3v) is 4.99. The van der Waals surface area contributed by atoms with Crippen molar-refractivity contribution in [1.82, 2.24) is 24.7 Å². The van der Waals surface area contributed by atoms with Gasteiger partial charge >= 0.3 is 27.2 Å². The molecular formula is C23H18F3N5Pt. The molecule has 32 heavy (non-hydrogen) atoms. The number of halogens is 3. The average molecular weight is 617 g/mol. The van der Waals surface area contributed by atoms with Gasteiger partial charge in [-0.15, -0.1) is 23.8 Å². The van der Waals surface area contributed by atoms with Crippen LogP contribution in [0.15, 0.2) is 54.7 Å². The molecule has 0 fully saturated rings. The maximum absolute atomic E-state index is 12.9. The van der Waals surface area contributed by atoms with E-state index in [0.717, 1.165) is 33.4 Å². The zero-order valence-corrected chi connectivity index (χ0v) is 19.7. The van der Waals surface area contributed by atoms with Crippen LogP contribution in [0.2, 0.25) is 0 Å². The fraction of sp³-hybridized carbons (Fsp3) is 0.217. The molecule has 5 nitrogen and oxygen atoms in total. The molecule has 0 saturated heterocycles. The van der Waals surface area contributed by atoms with Crippen LogP contribution in [0.5, 0.6) is 0 Å². The van der Waals surface area contributed by atoms with E-state index in [4.69, 9.17) is 4.98 Å². The van der Waals surface area contributed by atoms with E-state index in [1.54, 1.807) is 24.4 Å². The first-order valence-electron chi connectivity index (χ1n) is 9.50. The molecule has 0 saturated carbocycles. The number of rotatable bonds is 4. The summed E-state index contributed by atoms with van der Waals surface area (Å²) in [5.41, 5.74) is 2.12. The second-order valence-electron chi connectivity index (χ2n) is 7.53. The summed E-state index contributed by atoms with van der Waals surface area (Å²) in [4.78, 5) is 13.6. The van der Waals surface area contributed by atoms with Gasteiger partial charge in [-0.2, -0.15) is 13.2 Å². The first kappa shape index (κ1) is 23.8. The summed E-state index contributed by atoms with van der Waals surface area (Å²) in [7, 11) is 0. The summed E-state index contributed by atoms with van der Waals surface area (Å²) >= 11 is 0. The molecule has 0 spiro atoms. The van der Waals surface area contributed by atoms with Crippen LogP contribution in [0.25, 0.3) is 17.1 Å². The molecule has 166 valence electrons. The minimum Gasteiger partial charge on any atom is -0.357 e. The summed E-state index contributed by atoms with van der Waals surface area (Å²) in [6.45, 7) is 5.81. The van der Waals surface area contributed by atoms with Gasteiger partial charge in [-0.3, -0.25) is 10.1 Å². The van der Waals surface area contributed by atoms with E-state index in [1.165, 1.54) is 0 Å². The second-order valence-corrected chi connectivity index (χ2v) is 7.53. The number of alkyl halides is 3. The first-order chi connectivity index (χ1) is 14.7. The van der Waals surface area contributed by atoms with Crippen LogP contribution in [0.1, 0.15) is 36.6 Å². The van der Waals surface area contributed by atoms with Gasteiger partial charge in [-0.25, -0.2) is 0 Å². The van der Waals surface area contributed by atoms with Crippen molar-refractivity contribution in [2.45, 2.75) is 32.4 Å². The van der Waals surface area contributed by atoms with Crippen LogP contribution in [0.4, 0.5) is 13.2 Å². The molecule has 4 heterocycles. The van der Waals surface area contributed by atoms with Gasteiger partial charge in [-0.05, 0) is 37.4 Å². The molecule has 0 amide bonds. The Bertz CT molecular complexity index is 1230. The molecule has 0 aliphatic carbocycles. The Morgan fingerprint density at radius 3 is 2.28 bits per heavy atom. The Balaban J connectivity index is 0.00000289. The predicted octanol–water partition coefficient (Wildman–Crippen LogP) is 4.98. The molecule has 0 bridgehead atoms. The third-order valence-electron chi connectivity index (χ3n) is 4.99. The summed E-state index contributed by atoms with van der Waals surface area (Å²) < 4.78 is 39.6. The Labute approximate surface area is 198 Å². The summed E-state index contributed by atoms with van der Waals surface area (Å²) in [6.07, 6.45) is -0.378. The molecule has 9 heteroatoms. The average Bonchev–Trinajstić information content (AvgIpc) is 3.25. The van der Waals surface area contributed by atoms with Crippen LogP contribution < -0.4 is 0 Å². The largest absolute Gasteiger partial charge is 2.00 e. The van der Waals surface area contributed by atoms with Crippen molar-refractivity contribution in [3.8, 4) is 17.1 Å². The van der Waals surface area contributed by atoms with E-state index in [1.807, 2.05) is 45.0 Å². The smallest absolute Gasteiger partial charge is 0.357 e. The number of aromatic nitrogens is 5. The summed E-state index contributed by atoms with van der Waals surface area (Å²) in [5, 5.41) is 3.56. The molecule has 4 aromatic rings. The van der Waals surface area contributed by atoms with Gasteiger partial charge in [0.1, 0.15) is 0 Å². The van der Waals surface area contributed by atoms with Crippen LogP contribution in [0.3, 0.4) is 0 Å². The van der Waals surface area contributed by atoms with Crippen LogP contribution in [-0.4, -0.2) is 24.7 Å². The minimum absolute atomic E-state index is 0. The molecule has 4 aromatic heterocycles. The van der Waals surface area contributed by atoms with Gasteiger partial charge in [0.25, 0.3) is 0 Å². The topological polar surface area (TPSA) is 56.5 Å². The fourth-order valence-electron chi connectivity index (χ4n) is 3.18. The summed E-state index contributed by atoms with van der Waals surface area (Å²) in [6, 6.07) is 16.5. The van der Waals surface area contributed by atoms with Gasteiger partial charge in [0.15, 0.2) is 0 Å². The normalized spacial score (nSPS) is 11.8. The van der Waals surface area contributed by atoms with Crippen molar-refractivity contribution in [2.24, 2.45) is 0 Å². The Morgan fingerprint density at radius 1 is 0.938 bits per heavy atom. The molecule has 4 rings (SSSR count). The van der Waals surface area contributed by atoms with E-state index >= 15 is 0 Å².